The normalized spacial score (nSPS) is 11.8. The minimum atomic E-state index is -0.477. The number of hydrogen-bond acceptors (Lipinski definition) is 3. The first-order valence-corrected chi connectivity index (χ1v) is 2.96. The molecule has 0 spiro atoms. The number of nitrogens with one attached hydrogen (secondary N) is 1. The van der Waals surface area contributed by atoms with E-state index in [9.17, 15) is 4.79 Å². The monoisotopic (exact) mass is 141 g/mol. The standard InChI is InChI=1S/C7H11NO2/c1-4-7(8)5(2)10-6(3)9/h4-5,8H,1H2,2-3H3. The lowest BCUT2D eigenvalue weighted by Gasteiger charge is -2.08. The minimum absolute atomic E-state index is 0.218. The van der Waals surface area contributed by atoms with Crippen molar-refractivity contribution in [2.75, 3.05) is 0 Å². The summed E-state index contributed by atoms with van der Waals surface area (Å²) in [6, 6.07) is 0. The van der Waals surface area contributed by atoms with E-state index in [1.807, 2.05) is 0 Å². The van der Waals surface area contributed by atoms with E-state index in [0.717, 1.165) is 0 Å². The first kappa shape index (κ1) is 8.88. The van der Waals surface area contributed by atoms with Gasteiger partial charge in [0.15, 0.2) is 0 Å². The van der Waals surface area contributed by atoms with Gasteiger partial charge in [0.05, 0.1) is 5.71 Å². The zero-order chi connectivity index (χ0) is 8.15. The molecule has 0 saturated carbocycles. The molecule has 0 aromatic heterocycles. The van der Waals surface area contributed by atoms with Gasteiger partial charge >= 0.3 is 5.97 Å². The molecule has 0 saturated heterocycles. The van der Waals surface area contributed by atoms with Crippen molar-refractivity contribution in [2.45, 2.75) is 20.0 Å². The summed E-state index contributed by atoms with van der Waals surface area (Å²) >= 11 is 0. The lowest BCUT2D eigenvalue weighted by Crippen LogP contribution is -2.20. The molecule has 56 valence electrons. The van der Waals surface area contributed by atoms with Crippen LogP contribution < -0.4 is 0 Å². The van der Waals surface area contributed by atoms with E-state index in [-0.39, 0.29) is 11.7 Å². The number of hydrogen-bond donors (Lipinski definition) is 1. The molecule has 0 radical (unpaired) electrons. The molecular formula is C7H11NO2. The lowest BCUT2D eigenvalue weighted by atomic mass is 10.2. The van der Waals surface area contributed by atoms with Crippen molar-refractivity contribution in [1.82, 2.24) is 0 Å². The predicted octanol–water partition coefficient (Wildman–Crippen LogP) is 1.14. The van der Waals surface area contributed by atoms with Crippen LogP contribution in [0.3, 0.4) is 0 Å². The summed E-state index contributed by atoms with van der Waals surface area (Å²) < 4.78 is 4.67. The molecule has 3 heteroatoms. The highest BCUT2D eigenvalue weighted by Gasteiger charge is 2.07. The number of esters is 1. The molecule has 0 aliphatic rings. The van der Waals surface area contributed by atoms with Crippen LogP contribution in [0.4, 0.5) is 0 Å². The summed E-state index contributed by atoms with van der Waals surface area (Å²) in [4.78, 5) is 10.3. The quantitative estimate of drug-likeness (QED) is 0.473. The molecule has 0 rings (SSSR count). The molecule has 3 nitrogen and oxygen atoms in total. The summed E-state index contributed by atoms with van der Waals surface area (Å²) in [5.74, 6) is -0.376. The van der Waals surface area contributed by atoms with E-state index in [0.29, 0.717) is 0 Å². The van der Waals surface area contributed by atoms with Crippen LogP contribution in [0.15, 0.2) is 12.7 Å². The van der Waals surface area contributed by atoms with E-state index in [4.69, 9.17) is 5.41 Å². The van der Waals surface area contributed by atoms with Gasteiger partial charge in [-0.05, 0) is 13.0 Å². The SMILES string of the molecule is C=CC(=N)C(C)OC(C)=O. The Morgan fingerprint density at radius 1 is 1.80 bits per heavy atom. The number of ether oxygens (including phenoxy) is 1. The Labute approximate surface area is 60.2 Å². The van der Waals surface area contributed by atoms with Crippen molar-refractivity contribution in [3.8, 4) is 0 Å². The fourth-order valence-electron chi connectivity index (χ4n) is 0.478. The van der Waals surface area contributed by atoms with Crippen molar-refractivity contribution in [3.05, 3.63) is 12.7 Å². The van der Waals surface area contributed by atoms with Crippen LogP contribution in [-0.4, -0.2) is 17.8 Å². The smallest absolute Gasteiger partial charge is 0.303 e. The third-order valence-electron chi connectivity index (χ3n) is 1.00. The van der Waals surface area contributed by atoms with Crippen LogP contribution in [0, 0.1) is 5.41 Å². The average molecular weight is 141 g/mol. The third kappa shape index (κ3) is 3.02. The largest absolute Gasteiger partial charge is 0.456 e. The Bertz CT molecular complexity index is 163. The van der Waals surface area contributed by atoms with E-state index < -0.39 is 6.10 Å². The van der Waals surface area contributed by atoms with Gasteiger partial charge in [0.2, 0.25) is 0 Å². The van der Waals surface area contributed by atoms with Crippen molar-refractivity contribution >= 4 is 11.7 Å². The summed E-state index contributed by atoms with van der Waals surface area (Å²) in [6.45, 7) is 6.32. The number of carbonyl (C=O) groups excluding carboxylic acids is 1. The Balaban J connectivity index is 3.84. The Morgan fingerprint density at radius 2 is 2.30 bits per heavy atom. The van der Waals surface area contributed by atoms with Crippen LogP contribution in [-0.2, 0) is 9.53 Å². The summed E-state index contributed by atoms with van der Waals surface area (Å²) in [7, 11) is 0. The van der Waals surface area contributed by atoms with Crippen LogP contribution >= 0.6 is 0 Å². The highest BCUT2D eigenvalue weighted by atomic mass is 16.5. The molecule has 0 fully saturated rings. The van der Waals surface area contributed by atoms with Crippen LogP contribution in [0.5, 0.6) is 0 Å². The second-order valence-corrected chi connectivity index (χ2v) is 1.91. The van der Waals surface area contributed by atoms with E-state index in [2.05, 4.69) is 11.3 Å². The molecule has 1 unspecified atom stereocenters. The van der Waals surface area contributed by atoms with Crippen molar-refractivity contribution in [1.29, 1.82) is 5.41 Å². The van der Waals surface area contributed by atoms with Gasteiger partial charge in [0, 0.05) is 6.92 Å². The maximum Gasteiger partial charge on any atom is 0.303 e. The average Bonchev–Trinajstić information content (AvgIpc) is 1.85. The maximum absolute atomic E-state index is 10.3. The molecule has 0 aromatic rings. The first-order chi connectivity index (χ1) is 4.57. The summed E-state index contributed by atoms with van der Waals surface area (Å²) in [5, 5.41) is 7.14. The molecule has 1 N–H and O–H groups in total. The van der Waals surface area contributed by atoms with Gasteiger partial charge in [-0.2, -0.15) is 0 Å². The minimum Gasteiger partial charge on any atom is -0.456 e. The Hall–Kier alpha value is -1.12. The first-order valence-electron chi connectivity index (χ1n) is 2.96. The molecule has 0 heterocycles. The maximum atomic E-state index is 10.3. The third-order valence-corrected chi connectivity index (χ3v) is 1.00. The Kier molecular flexibility index (Phi) is 3.39. The molecule has 0 amide bonds. The zero-order valence-electron chi connectivity index (χ0n) is 6.18. The second kappa shape index (κ2) is 3.82. The van der Waals surface area contributed by atoms with Crippen LogP contribution in [0.25, 0.3) is 0 Å². The van der Waals surface area contributed by atoms with Gasteiger partial charge in [-0.25, -0.2) is 0 Å². The molecule has 0 aromatic carbocycles. The van der Waals surface area contributed by atoms with Gasteiger partial charge in [-0.3, -0.25) is 4.79 Å². The second-order valence-electron chi connectivity index (χ2n) is 1.91. The molecule has 10 heavy (non-hydrogen) atoms. The van der Waals surface area contributed by atoms with Crippen LogP contribution in [0.1, 0.15) is 13.8 Å². The number of rotatable bonds is 3. The lowest BCUT2D eigenvalue weighted by molar-refractivity contribution is -0.142. The predicted molar refractivity (Wildman–Crippen MR) is 39.2 cm³/mol. The Morgan fingerprint density at radius 3 is 2.60 bits per heavy atom. The van der Waals surface area contributed by atoms with Gasteiger partial charge in [-0.15, -0.1) is 0 Å². The number of carbonyl (C=O) groups is 1. The zero-order valence-corrected chi connectivity index (χ0v) is 6.18. The van der Waals surface area contributed by atoms with E-state index in [1.165, 1.54) is 13.0 Å². The highest BCUT2D eigenvalue weighted by Crippen LogP contribution is 1.93. The van der Waals surface area contributed by atoms with E-state index >= 15 is 0 Å². The molecule has 1 atom stereocenters. The van der Waals surface area contributed by atoms with Gasteiger partial charge in [-0.1, -0.05) is 6.58 Å². The molecular weight excluding hydrogens is 130 g/mol. The van der Waals surface area contributed by atoms with Crippen molar-refractivity contribution < 1.29 is 9.53 Å². The summed E-state index contributed by atoms with van der Waals surface area (Å²) in [6.07, 6.45) is 0.878. The fraction of sp³-hybridized carbons (Fsp3) is 0.429. The topological polar surface area (TPSA) is 50.1 Å². The van der Waals surface area contributed by atoms with Gasteiger partial charge in [0.25, 0.3) is 0 Å². The highest BCUT2D eigenvalue weighted by molar-refractivity contribution is 5.96. The fourth-order valence-corrected chi connectivity index (χ4v) is 0.478. The van der Waals surface area contributed by atoms with Gasteiger partial charge in [0.1, 0.15) is 6.10 Å². The summed E-state index contributed by atoms with van der Waals surface area (Å²) in [5.41, 5.74) is 0.218. The molecule has 0 aliphatic heterocycles. The molecule has 0 aliphatic carbocycles. The molecule has 0 bridgehead atoms. The van der Waals surface area contributed by atoms with Crippen molar-refractivity contribution in [3.63, 3.8) is 0 Å². The van der Waals surface area contributed by atoms with Crippen LogP contribution in [0.2, 0.25) is 0 Å². The van der Waals surface area contributed by atoms with E-state index in [1.54, 1.807) is 6.92 Å². The van der Waals surface area contributed by atoms with Gasteiger partial charge < -0.3 is 10.1 Å². The van der Waals surface area contributed by atoms with Crippen molar-refractivity contribution in [2.24, 2.45) is 0 Å².